The van der Waals surface area contributed by atoms with Crippen molar-refractivity contribution in [2.24, 2.45) is 5.41 Å². The van der Waals surface area contributed by atoms with Crippen molar-refractivity contribution in [2.45, 2.75) is 0 Å². The third-order valence-electron chi connectivity index (χ3n) is 2.19. The van der Waals surface area contributed by atoms with E-state index in [0.717, 1.165) is 0 Å². The minimum absolute atomic E-state index is 0.244. The van der Waals surface area contributed by atoms with Gasteiger partial charge < -0.3 is 23.7 Å². The number of ether oxygens (including phenoxy) is 5. The van der Waals surface area contributed by atoms with Gasteiger partial charge in [-0.3, -0.25) is 0 Å². The molecule has 0 aromatic rings. The van der Waals surface area contributed by atoms with Crippen LogP contribution in [0.15, 0.2) is 0 Å². The smallest absolute Gasteiger partial charge is 0.0700 e. The molecule has 5 nitrogen and oxygen atoms in total. The number of hydrogen-bond donors (Lipinski definition) is 0. The molecule has 0 atom stereocenters. The van der Waals surface area contributed by atoms with Gasteiger partial charge >= 0.3 is 0 Å². The van der Waals surface area contributed by atoms with E-state index in [1.807, 2.05) is 0 Å². The lowest BCUT2D eigenvalue weighted by Gasteiger charge is -2.31. The van der Waals surface area contributed by atoms with Crippen LogP contribution >= 0.6 is 0 Å². The fourth-order valence-electron chi connectivity index (χ4n) is 1.60. The van der Waals surface area contributed by atoms with Crippen molar-refractivity contribution in [2.75, 3.05) is 68.1 Å². The van der Waals surface area contributed by atoms with Gasteiger partial charge in [0.2, 0.25) is 0 Å². The van der Waals surface area contributed by atoms with Crippen molar-refractivity contribution in [3.05, 3.63) is 0 Å². The Hall–Kier alpha value is -0.200. The summed E-state index contributed by atoms with van der Waals surface area (Å²) < 4.78 is 26.0. The predicted molar refractivity (Wildman–Crippen MR) is 60.8 cm³/mol. The van der Waals surface area contributed by atoms with Gasteiger partial charge in [0.1, 0.15) is 0 Å². The van der Waals surface area contributed by atoms with E-state index in [0.29, 0.717) is 39.6 Å². The van der Waals surface area contributed by atoms with E-state index in [9.17, 15) is 0 Å². The standard InChI is InChI=1S/C11H24O5/c1-12-5-6-16-10-11(7-13-2,8-14-3)9-15-4/h5-10H2,1-4H3. The topological polar surface area (TPSA) is 46.2 Å². The third-order valence-corrected chi connectivity index (χ3v) is 2.19. The fraction of sp³-hybridized carbons (Fsp3) is 1.00. The van der Waals surface area contributed by atoms with Gasteiger partial charge in [-0.15, -0.1) is 0 Å². The first kappa shape index (κ1) is 15.8. The zero-order valence-corrected chi connectivity index (χ0v) is 10.8. The summed E-state index contributed by atoms with van der Waals surface area (Å²) in [6, 6.07) is 0. The molecule has 0 aromatic heterocycles. The molecule has 16 heavy (non-hydrogen) atoms. The molecule has 0 spiro atoms. The lowest BCUT2D eigenvalue weighted by molar-refractivity contribution is -0.0892. The molecule has 0 amide bonds. The van der Waals surface area contributed by atoms with Gasteiger partial charge in [0.05, 0.1) is 45.1 Å². The first-order valence-electron chi connectivity index (χ1n) is 5.28. The van der Waals surface area contributed by atoms with Crippen molar-refractivity contribution in [1.29, 1.82) is 0 Å². The summed E-state index contributed by atoms with van der Waals surface area (Å²) in [4.78, 5) is 0. The van der Waals surface area contributed by atoms with Crippen molar-refractivity contribution in [3.63, 3.8) is 0 Å². The molecule has 0 fully saturated rings. The zero-order valence-electron chi connectivity index (χ0n) is 10.8. The van der Waals surface area contributed by atoms with Crippen molar-refractivity contribution in [3.8, 4) is 0 Å². The summed E-state index contributed by atoms with van der Waals surface area (Å²) in [5.41, 5.74) is -0.244. The van der Waals surface area contributed by atoms with Gasteiger partial charge in [-0.2, -0.15) is 0 Å². The summed E-state index contributed by atoms with van der Waals surface area (Å²) in [5, 5.41) is 0. The number of rotatable bonds is 11. The Morgan fingerprint density at radius 1 is 0.625 bits per heavy atom. The molecular weight excluding hydrogens is 212 g/mol. The molecule has 0 saturated carbocycles. The molecule has 0 aliphatic carbocycles. The largest absolute Gasteiger partial charge is 0.384 e. The van der Waals surface area contributed by atoms with Crippen molar-refractivity contribution in [1.82, 2.24) is 0 Å². The first-order valence-corrected chi connectivity index (χ1v) is 5.28. The molecular formula is C11H24O5. The Balaban J connectivity index is 4.12. The highest BCUT2D eigenvalue weighted by Crippen LogP contribution is 2.19. The molecule has 0 radical (unpaired) electrons. The van der Waals surface area contributed by atoms with Gasteiger partial charge in [0, 0.05) is 28.4 Å². The molecule has 0 rings (SSSR count). The van der Waals surface area contributed by atoms with Crippen LogP contribution in [0.1, 0.15) is 0 Å². The second-order valence-electron chi connectivity index (χ2n) is 3.84. The maximum atomic E-state index is 5.53. The van der Waals surface area contributed by atoms with Crippen LogP contribution in [-0.2, 0) is 23.7 Å². The monoisotopic (exact) mass is 236 g/mol. The van der Waals surface area contributed by atoms with Crippen LogP contribution in [0.2, 0.25) is 0 Å². The highest BCUT2D eigenvalue weighted by atomic mass is 16.5. The molecule has 5 heteroatoms. The van der Waals surface area contributed by atoms with E-state index in [2.05, 4.69) is 0 Å². The van der Waals surface area contributed by atoms with Crippen LogP contribution in [0, 0.1) is 5.41 Å². The normalized spacial score (nSPS) is 12.0. The van der Waals surface area contributed by atoms with E-state index in [-0.39, 0.29) is 5.41 Å². The Morgan fingerprint density at radius 3 is 1.50 bits per heavy atom. The Kier molecular flexibility index (Phi) is 9.86. The second kappa shape index (κ2) is 9.99. The molecule has 0 aromatic carbocycles. The van der Waals surface area contributed by atoms with Gasteiger partial charge in [-0.1, -0.05) is 0 Å². The van der Waals surface area contributed by atoms with Crippen LogP contribution in [0.3, 0.4) is 0 Å². The highest BCUT2D eigenvalue weighted by Gasteiger charge is 2.31. The molecule has 0 unspecified atom stereocenters. The highest BCUT2D eigenvalue weighted by molar-refractivity contribution is 4.78. The van der Waals surface area contributed by atoms with Crippen LogP contribution in [0.5, 0.6) is 0 Å². The lowest BCUT2D eigenvalue weighted by atomic mass is 9.92. The Bertz CT molecular complexity index is 134. The quantitative estimate of drug-likeness (QED) is 0.491. The van der Waals surface area contributed by atoms with Crippen LogP contribution < -0.4 is 0 Å². The Labute approximate surface area is 98.0 Å². The predicted octanol–water partition coefficient (Wildman–Crippen LogP) is 0.575. The van der Waals surface area contributed by atoms with Crippen LogP contribution in [0.25, 0.3) is 0 Å². The van der Waals surface area contributed by atoms with E-state index in [4.69, 9.17) is 23.7 Å². The molecule has 0 heterocycles. The molecule has 0 aliphatic rings. The van der Waals surface area contributed by atoms with E-state index in [1.165, 1.54) is 0 Å². The summed E-state index contributed by atoms with van der Waals surface area (Å²) in [6.07, 6.45) is 0. The van der Waals surface area contributed by atoms with Gasteiger partial charge in [-0.25, -0.2) is 0 Å². The molecule has 98 valence electrons. The van der Waals surface area contributed by atoms with Crippen LogP contribution in [-0.4, -0.2) is 68.1 Å². The summed E-state index contributed by atoms with van der Waals surface area (Å²) in [7, 11) is 6.63. The summed E-state index contributed by atoms with van der Waals surface area (Å²) in [5.74, 6) is 0. The van der Waals surface area contributed by atoms with E-state index < -0.39 is 0 Å². The maximum absolute atomic E-state index is 5.53. The van der Waals surface area contributed by atoms with Crippen molar-refractivity contribution < 1.29 is 23.7 Å². The lowest BCUT2D eigenvalue weighted by Crippen LogP contribution is -2.41. The minimum Gasteiger partial charge on any atom is -0.384 e. The van der Waals surface area contributed by atoms with Gasteiger partial charge in [0.25, 0.3) is 0 Å². The maximum Gasteiger partial charge on any atom is 0.0700 e. The Morgan fingerprint density at radius 2 is 1.12 bits per heavy atom. The van der Waals surface area contributed by atoms with Gasteiger partial charge in [0.15, 0.2) is 0 Å². The molecule has 0 N–H and O–H groups in total. The number of hydrogen-bond acceptors (Lipinski definition) is 5. The minimum atomic E-state index is -0.244. The van der Waals surface area contributed by atoms with E-state index in [1.54, 1.807) is 28.4 Å². The third kappa shape index (κ3) is 6.40. The molecule has 0 bridgehead atoms. The van der Waals surface area contributed by atoms with Crippen molar-refractivity contribution >= 4 is 0 Å². The fourth-order valence-corrected chi connectivity index (χ4v) is 1.60. The summed E-state index contributed by atoms with van der Waals surface area (Å²) >= 11 is 0. The summed E-state index contributed by atoms with van der Waals surface area (Å²) in [6.45, 7) is 3.31. The van der Waals surface area contributed by atoms with Gasteiger partial charge in [-0.05, 0) is 0 Å². The number of methoxy groups -OCH3 is 4. The average molecular weight is 236 g/mol. The second-order valence-corrected chi connectivity index (χ2v) is 3.84. The van der Waals surface area contributed by atoms with Crippen LogP contribution in [0.4, 0.5) is 0 Å². The average Bonchev–Trinajstić information content (AvgIpc) is 2.26. The molecule has 0 saturated heterocycles. The molecule has 0 aliphatic heterocycles. The zero-order chi connectivity index (χ0) is 12.3. The first-order chi connectivity index (χ1) is 7.74. The van der Waals surface area contributed by atoms with E-state index >= 15 is 0 Å². The SMILES string of the molecule is COCCOCC(COC)(COC)COC.